The molecule has 10 heteroatoms. The van der Waals surface area contributed by atoms with Crippen molar-refractivity contribution in [2.24, 2.45) is 0 Å². The number of nitro groups is 1. The maximum Gasteiger partial charge on any atom is 0.288 e. The Morgan fingerprint density at radius 1 is 1.08 bits per heavy atom. The number of hydrogen-bond donors (Lipinski definition) is 0. The third-order valence-corrected chi connectivity index (χ3v) is 6.91. The number of rotatable bonds is 8. The van der Waals surface area contributed by atoms with Crippen molar-refractivity contribution in [3.63, 3.8) is 0 Å². The monoisotopic (exact) mass is 532 g/mol. The molecule has 0 radical (unpaired) electrons. The number of nitrogens with zero attached hydrogens (tertiary/aromatic N) is 4. The highest BCUT2D eigenvalue weighted by Gasteiger charge is 2.38. The van der Waals surface area contributed by atoms with Crippen LogP contribution in [0.1, 0.15) is 47.6 Å². The van der Waals surface area contributed by atoms with E-state index in [-0.39, 0.29) is 28.7 Å². The quantitative estimate of drug-likeness (QED) is 0.204. The molecule has 0 bridgehead atoms. The summed E-state index contributed by atoms with van der Waals surface area (Å²) in [6, 6.07) is 18.4. The summed E-state index contributed by atoms with van der Waals surface area (Å²) in [5.74, 6) is -0.193. The fourth-order valence-electron chi connectivity index (χ4n) is 4.79. The van der Waals surface area contributed by atoms with Crippen LogP contribution in [0, 0.1) is 10.1 Å². The first-order chi connectivity index (χ1) is 18.4. The number of benzene rings is 2. The van der Waals surface area contributed by atoms with Crippen LogP contribution in [0.2, 0.25) is 5.02 Å². The van der Waals surface area contributed by atoms with E-state index in [2.05, 4.69) is 0 Å². The molecule has 1 unspecified atom stereocenters. The van der Waals surface area contributed by atoms with Gasteiger partial charge in [-0.15, -0.1) is 0 Å². The fraction of sp³-hybridized carbons (Fsp3) is 0.214. The summed E-state index contributed by atoms with van der Waals surface area (Å²) in [6.45, 7) is 2.08. The number of hydrogen-bond acceptors (Lipinski definition) is 5. The number of furan rings is 1. The zero-order valence-corrected chi connectivity index (χ0v) is 21.4. The van der Waals surface area contributed by atoms with E-state index in [1.54, 1.807) is 17.2 Å². The molecule has 0 saturated heterocycles. The summed E-state index contributed by atoms with van der Waals surface area (Å²) in [5, 5.41) is 11.3. The number of carbonyl (C=O) groups is 2. The smallest absolute Gasteiger partial charge is 0.288 e. The lowest BCUT2D eigenvalue weighted by Gasteiger charge is -2.38. The minimum atomic E-state index is -0.631. The highest BCUT2D eigenvalue weighted by atomic mass is 35.5. The van der Waals surface area contributed by atoms with Crippen LogP contribution >= 0.6 is 11.6 Å². The number of amides is 2. The maximum atomic E-state index is 14.1. The van der Waals surface area contributed by atoms with E-state index in [0.717, 1.165) is 23.9 Å². The van der Waals surface area contributed by atoms with E-state index in [9.17, 15) is 19.7 Å². The van der Waals surface area contributed by atoms with Crippen LogP contribution in [-0.2, 0) is 4.79 Å². The number of nitro benzene ring substituents is 1. The molecule has 3 heterocycles. The summed E-state index contributed by atoms with van der Waals surface area (Å²) in [4.78, 5) is 41.5. The summed E-state index contributed by atoms with van der Waals surface area (Å²) >= 11 is 5.95. The summed E-state index contributed by atoms with van der Waals surface area (Å²) < 4.78 is 7.79. The van der Waals surface area contributed by atoms with Gasteiger partial charge in [-0.3, -0.25) is 24.6 Å². The van der Waals surface area contributed by atoms with Crippen LogP contribution in [-0.4, -0.2) is 39.3 Å². The number of carbonyl (C=O) groups excluding carboxylic acids is 2. The molecule has 0 N–H and O–H groups in total. The summed E-state index contributed by atoms with van der Waals surface area (Å²) in [6.07, 6.45) is 4.97. The van der Waals surface area contributed by atoms with Crippen LogP contribution in [0.15, 0.2) is 83.6 Å². The van der Waals surface area contributed by atoms with Gasteiger partial charge in [0.25, 0.3) is 11.6 Å². The number of fused-ring (bicyclic) bond motifs is 3. The van der Waals surface area contributed by atoms with E-state index in [4.69, 9.17) is 16.0 Å². The largest absolute Gasteiger partial charge is 0.467 e. The fourth-order valence-corrected chi connectivity index (χ4v) is 4.97. The average Bonchev–Trinajstić information content (AvgIpc) is 3.63. The molecule has 0 aliphatic carbocycles. The summed E-state index contributed by atoms with van der Waals surface area (Å²) in [5.41, 5.74) is 2.12. The minimum Gasteiger partial charge on any atom is -0.467 e. The van der Waals surface area contributed by atoms with Crippen molar-refractivity contribution in [2.75, 3.05) is 18.0 Å². The Balaban J connectivity index is 1.52. The van der Waals surface area contributed by atoms with Gasteiger partial charge in [0.2, 0.25) is 5.91 Å². The second kappa shape index (κ2) is 10.5. The Bertz CT molecular complexity index is 1500. The first-order valence-corrected chi connectivity index (χ1v) is 12.6. The molecule has 1 atom stereocenters. The first-order valence-electron chi connectivity index (χ1n) is 12.3. The number of anilines is 1. The maximum absolute atomic E-state index is 14.1. The molecule has 2 amide bonds. The lowest BCUT2D eigenvalue weighted by atomic mass is 10.0. The van der Waals surface area contributed by atoms with Gasteiger partial charge in [-0.2, -0.15) is 0 Å². The van der Waals surface area contributed by atoms with Gasteiger partial charge in [0.05, 0.1) is 28.3 Å². The number of aromatic nitrogens is 1. The van der Waals surface area contributed by atoms with Crippen molar-refractivity contribution in [3.8, 4) is 5.69 Å². The third-order valence-electron chi connectivity index (χ3n) is 6.59. The Labute approximate surface area is 224 Å². The topological polar surface area (TPSA) is 102 Å². The van der Waals surface area contributed by atoms with Crippen molar-refractivity contribution < 1.29 is 18.9 Å². The Hall–Kier alpha value is -4.37. The predicted octanol–water partition coefficient (Wildman–Crippen LogP) is 6.01. The van der Waals surface area contributed by atoms with Gasteiger partial charge in [-0.25, -0.2) is 0 Å². The molecule has 1 aliphatic heterocycles. The summed E-state index contributed by atoms with van der Waals surface area (Å²) in [7, 11) is 0. The predicted molar refractivity (Wildman–Crippen MR) is 143 cm³/mol. The Kier molecular flexibility index (Phi) is 7.02. The molecule has 9 nitrogen and oxygen atoms in total. The lowest BCUT2D eigenvalue weighted by Crippen LogP contribution is -2.47. The van der Waals surface area contributed by atoms with Gasteiger partial charge in [-0.1, -0.05) is 37.1 Å². The van der Waals surface area contributed by atoms with Crippen LogP contribution in [0.3, 0.4) is 0 Å². The van der Waals surface area contributed by atoms with Crippen LogP contribution in [0.5, 0.6) is 0 Å². The van der Waals surface area contributed by atoms with Gasteiger partial charge >= 0.3 is 0 Å². The minimum absolute atomic E-state index is 0.0584. The number of unbranched alkanes of at least 4 members (excludes halogenated alkanes) is 1. The molecule has 0 fully saturated rings. The standard InChI is InChI=1S/C28H25ClN4O5/c1-2-3-14-30(28(35)19-12-13-20(29)24(17-19)33(36)37)18-26(34)32-22-9-5-4-8-21(22)31-15-6-10-23(31)27(32)25-11-7-16-38-25/h4-13,15-17,27H,2-3,14,18H2,1H3. The molecular formula is C28H25ClN4O5. The van der Waals surface area contributed by atoms with Crippen molar-refractivity contribution in [1.82, 2.24) is 9.47 Å². The highest BCUT2D eigenvalue weighted by molar-refractivity contribution is 6.32. The number of para-hydroxylation sites is 2. The average molecular weight is 533 g/mol. The SMILES string of the molecule is CCCCN(CC(=O)N1c2ccccc2-n2cccc2C1c1ccco1)C(=O)c1ccc(Cl)c([N+](=O)[O-])c1. The molecule has 194 valence electrons. The van der Waals surface area contributed by atoms with Gasteiger partial charge in [0.1, 0.15) is 23.4 Å². The van der Waals surface area contributed by atoms with Crippen molar-refractivity contribution in [3.05, 3.63) is 111 Å². The van der Waals surface area contributed by atoms with E-state index in [1.165, 1.54) is 17.0 Å². The zero-order chi connectivity index (χ0) is 26.8. The van der Waals surface area contributed by atoms with Gasteiger partial charge in [0, 0.05) is 24.4 Å². The Morgan fingerprint density at radius 3 is 2.58 bits per heavy atom. The molecule has 38 heavy (non-hydrogen) atoms. The lowest BCUT2D eigenvalue weighted by molar-refractivity contribution is -0.384. The molecule has 2 aromatic carbocycles. The molecule has 4 aromatic rings. The second-order valence-corrected chi connectivity index (χ2v) is 9.38. The molecular weight excluding hydrogens is 508 g/mol. The van der Waals surface area contributed by atoms with E-state index < -0.39 is 16.9 Å². The molecule has 5 rings (SSSR count). The first kappa shape index (κ1) is 25.3. The van der Waals surface area contributed by atoms with Gasteiger partial charge < -0.3 is 13.9 Å². The van der Waals surface area contributed by atoms with Crippen LogP contribution in [0.25, 0.3) is 5.69 Å². The molecule has 2 aromatic heterocycles. The molecule has 0 saturated carbocycles. The van der Waals surface area contributed by atoms with Crippen LogP contribution in [0.4, 0.5) is 11.4 Å². The van der Waals surface area contributed by atoms with Crippen molar-refractivity contribution in [2.45, 2.75) is 25.8 Å². The normalized spacial score (nSPS) is 14.1. The molecule has 0 spiro atoms. The van der Waals surface area contributed by atoms with E-state index in [0.29, 0.717) is 24.4 Å². The molecule has 1 aliphatic rings. The van der Waals surface area contributed by atoms with Gasteiger partial charge in [0.15, 0.2) is 0 Å². The van der Waals surface area contributed by atoms with Crippen molar-refractivity contribution >= 4 is 34.8 Å². The van der Waals surface area contributed by atoms with E-state index >= 15 is 0 Å². The van der Waals surface area contributed by atoms with Crippen molar-refractivity contribution in [1.29, 1.82) is 0 Å². The van der Waals surface area contributed by atoms with E-state index in [1.807, 2.05) is 60.2 Å². The Morgan fingerprint density at radius 2 is 1.87 bits per heavy atom. The number of halogens is 1. The highest BCUT2D eigenvalue weighted by Crippen LogP contribution is 2.42. The second-order valence-electron chi connectivity index (χ2n) is 8.98. The third kappa shape index (κ3) is 4.56. The zero-order valence-electron chi connectivity index (χ0n) is 20.6. The van der Waals surface area contributed by atoms with Crippen LogP contribution < -0.4 is 4.90 Å². The van der Waals surface area contributed by atoms with Gasteiger partial charge in [-0.05, 0) is 55.0 Å².